The number of hydrogen-bond donors (Lipinski definition) is 2. The lowest BCUT2D eigenvalue weighted by molar-refractivity contribution is 0.0876. The second kappa shape index (κ2) is 6.24. The smallest absolute Gasteiger partial charge is 0.409 e. The number of nitrogens with one attached hydrogen (secondary N) is 2. The van der Waals surface area contributed by atoms with Gasteiger partial charge in [-0.3, -0.25) is 5.32 Å². The van der Waals surface area contributed by atoms with E-state index in [1.807, 2.05) is 6.07 Å². The molecule has 1 saturated heterocycles. The number of alkyl carbamates (subject to hydrolysis) is 1. The predicted molar refractivity (Wildman–Crippen MR) is 86.0 cm³/mol. The molecule has 3 rings (SSSR count). The van der Waals surface area contributed by atoms with Crippen LogP contribution in [0.15, 0.2) is 29.2 Å². The Morgan fingerprint density at radius 3 is 2.75 bits per heavy atom. The normalized spacial score (nSPS) is 24.8. The first-order valence-electron chi connectivity index (χ1n) is 7.48. The van der Waals surface area contributed by atoms with Gasteiger partial charge in [0, 0.05) is 13.0 Å². The summed E-state index contributed by atoms with van der Waals surface area (Å²) in [6, 6.07) is 8.28. The number of benzene rings is 1. The van der Waals surface area contributed by atoms with Crippen molar-refractivity contribution in [2.75, 3.05) is 6.54 Å². The van der Waals surface area contributed by atoms with Crippen LogP contribution in [-0.2, 0) is 14.6 Å². The Labute approximate surface area is 144 Å². The van der Waals surface area contributed by atoms with Crippen LogP contribution in [-0.4, -0.2) is 38.1 Å². The van der Waals surface area contributed by atoms with Gasteiger partial charge in [-0.15, -0.1) is 0 Å². The van der Waals surface area contributed by atoms with Crippen molar-refractivity contribution in [3.8, 4) is 6.07 Å². The first-order chi connectivity index (χ1) is 11.4. The zero-order chi connectivity index (χ0) is 17.4. The standard InChI is InChI=1S/C15H16ClN3O4S/c16-11-3-1-2-4-12(11)24(21,22)10-7-13(18-8-10)23-14(20)19-15(9-17)5-6-15/h1-4,10,13,18H,5-8H2,(H,19,20)/t10-,13+/m1/s1. The van der Waals surface area contributed by atoms with Gasteiger partial charge in [-0.2, -0.15) is 5.26 Å². The van der Waals surface area contributed by atoms with E-state index < -0.39 is 32.9 Å². The first-order valence-corrected chi connectivity index (χ1v) is 9.41. The Hall–Kier alpha value is -1.82. The Kier molecular flexibility index (Phi) is 4.42. The zero-order valence-corrected chi connectivity index (χ0v) is 14.2. The number of nitrogens with zero attached hydrogens (tertiary/aromatic N) is 1. The Morgan fingerprint density at radius 2 is 2.12 bits per heavy atom. The van der Waals surface area contributed by atoms with E-state index in [1.165, 1.54) is 12.1 Å². The van der Waals surface area contributed by atoms with Crippen LogP contribution in [0.1, 0.15) is 19.3 Å². The van der Waals surface area contributed by atoms with E-state index in [0.29, 0.717) is 12.8 Å². The number of nitriles is 1. The summed E-state index contributed by atoms with van der Waals surface area (Å²) < 4.78 is 30.5. The molecule has 1 saturated carbocycles. The van der Waals surface area contributed by atoms with Gasteiger partial charge in [-0.1, -0.05) is 23.7 Å². The number of amides is 1. The molecule has 0 spiro atoms. The summed E-state index contributed by atoms with van der Waals surface area (Å²) in [5, 5.41) is 13.7. The maximum absolute atomic E-state index is 12.6. The molecular formula is C15H16ClN3O4S. The van der Waals surface area contributed by atoms with Gasteiger partial charge >= 0.3 is 6.09 Å². The fraction of sp³-hybridized carbons (Fsp3) is 0.467. The van der Waals surface area contributed by atoms with Crippen LogP contribution in [0.5, 0.6) is 0 Å². The van der Waals surface area contributed by atoms with E-state index in [0.717, 1.165) is 0 Å². The van der Waals surface area contributed by atoms with Crippen LogP contribution in [0.25, 0.3) is 0 Å². The van der Waals surface area contributed by atoms with E-state index in [1.54, 1.807) is 12.1 Å². The molecule has 1 amide bonds. The molecule has 1 heterocycles. The maximum Gasteiger partial charge on any atom is 0.409 e. The lowest BCUT2D eigenvalue weighted by Crippen LogP contribution is -2.40. The van der Waals surface area contributed by atoms with Crippen molar-refractivity contribution >= 4 is 27.5 Å². The molecule has 128 valence electrons. The number of halogens is 1. The van der Waals surface area contributed by atoms with E-state index in [9.17, 15) is 13.2 Å². The molecule has 2 N–H and O–H groups in total. The van der Waals surface area contributed by atoms with Crippen molar-refractivity contribution in [3.63, 3.8) is 0 Å². The third-order valence-electron chi connectivity index (χ3n) is 4.19. The fourth-order valence-corrected chi connectivity index (χ4v) is 4.76. The van der Waals surface area contributed by atoms with Crippen LogP contribution in [0.4, 0.5) is 4.79 Å². The van der Waals surface area contributed by atoms with Gasteiger partial charge in [0.2, 0.25) is 0 Å². The molecule has 1 aromatic rings. The van der Waals surface area contributed by atoms with Gasteiger partial charge in [0.25, 0.3) is 0 Å². The number of ether oxygens (including phenoxy) is 1. The maximum atomic E-state index is 12.6. The van der Waals surface area contributed by atoms with Crippen LogP contribution < -0.4 is 10.6 Å². The highest BCUT2D eigenvalue weighted by Crippen LogP contribution is 2.34. The Balaban J connectivity index is 1.62. The molecule has 2 aliphatic rings. The molecule has 0 bridgehead atoms. The average Bonchev–Trinajstić information content (AvgIpc) is 3.14. The fourth-order valence-electron chi connectivity index (χ4n) is 2.59. The number of carbonyl (C=O) groups excluding carboxylic acids is 1. The molecule has 24 heavy (non-hydrogen) atoms. The van der Waals surface area contributed by atoms with E-state index in [2.05, 4.69) is 10.6 Å². The lowest BCUT2D eigenvalue weighted by Gasteiger charge is -2.15. The molecule has 2 atom stereocenters. The van der Waals surface area contributed by atoms with E-state index in [4.69, 9.17) is 21.6 Å². The van der Waals surface area contributed by atoms with Gasteiger partial charge in [-0.25, -0.2) is 13.2 Å². The van der Waals surface area contributed by atoms with Gasteiger partial charge in [0.1, 0.15) is 5.54 Å². The van der Waals surface area contributed by atoms with Crippen LogP contribution in [0.3, 0.4) is 0 Å². The molecule has 1 aliphatic carbocycles. The highest BCUT2D eigenvalue weighted by molar-refractivity contribution is 7.92. The Morgan fingerprint density at radius 1 is 1.42 bits per heavy atom. The minimum atomic E-state index is -3.62. The van der Waals surface area contributed by atoms with Crippen LogP contribution >= 0.6 is 11.6 Å². The molecule has 0 unspecified atom stereocenters. The minimum absolute atomic E-state index is 0.0741. The van der Waals surface area contributed by atoms with Crippen molar-refractivity contribution in [3.05, 3.63) is 29.3 Å². The summed E-state index contributed by atoms with van der Waals surface area (Å²) in [5.74, 6) is 0. The minimum Gasteiger partial charge on any atom is -0.430 e. The lowest BCUT2D eigenvalue weighted by atomic mass is 10.3. The monoisotopic (exact) mass is 369 g/mol. The van der Waals surface area contributed by atoms with Crippen molar-refractivity contribution in [2.45, 2.75) is 41.2 Å². The molecule has 1 aromatic carbocycles. The van der Waals surface area contributed by atoms with Gasteiger partial charge < -0.3 is 10.1 Å². The van der Waals surface area contributed by atoms with Crippen LogP contribution in [0.2, 0.25) is 5.02 Å². The second-order valence-corrected chi connectivity index (χ2v) is 8.56. The van der Waals surface area contributed by atoms with Crippen molar-refractivity contribution in [1.29, 1.82) is 5.26 Å². The van der Waals surface area contributed by atoms with Crippen molar-refractivity contribution < 1.29 is 17.9 Å². The Bertz CT molecular complexity index is 801. The summed E-state index contributed by atoms with van der Waals surface area (Å²) >= 11 is 5.98. The summed E-state index contributed by atoms with van der Waals surface area (Å²) in [7, 11) is -3.62. The quantitative estimate of drug-likeness (QED) is 0.834. The molecule has 7 nitrogen and oxygen atoms in total. The van der Waals surface area contributed by atoms with Crippen molar-refractivity contribution in [1.82, 2.24) is 10.6 Å². The zero-order valence-electron chi connectivity index (χ0n) is 12.7. The van der Waals surface area contributed by atoms with E-state index >= 15 is 0 Å². The topological polar surface area (TPSA) is 108 Å². The number of rotatable bonds is 4. The third-order valence-corrected chi connectivity index (χ3v) is 6.83. The molecule has 0 aromatic heterocycles. The molecule has 2 fully saturated rings. The number of carbonyl (C=O) groups is 1. The largest absolute Gasteiger partial charge is 0.430 e. The first kappa shape index (κ1) is 17.0. The number of hydrogen-bond acceptors (Lipinski definition) is 6. The summed E-state index contributed by atoms with van der Waals surface area (Å²) in [6.07, 6.45) is -0.120. The average molecular weight is 370 g/mol. The van der Waals surface area contributed by atoms with Gasteiger partial charge in [0.15, 0.2) is 16.1 Å². The molecule has 9 heteroatoms. The molecule has 1 aliphatic heterocycles. The summed E-state index contributed by atoms with van der Waals surface area (Å²) in [6.45, 7) is 0.162. The molecular weight excluding hydrogens is 354 g/mol. The van der Waals surface area contributed by atoms with Gasteiger partial charge in [0.05, 0.1) is 21.2 Å². The summed E-state index contributed by atoms with van der Waals surface area (Å²) in [4.78, 5) is 11.9. The van der Waals surface area contributed by atoms with Crippen molar-refractivity contribution in [2.24, 2.45) is 0 Å². The highest BCUT2D eigenvalue weighted by Gasteiger charge is 2.46. The van der Waals surface area contributed by atoms with E-state index in [-0.39, 0.29) is 22.9 Å². The molecule has 0 radical (unpaired) electrons. The second-order valence-electron chi connectivity index (χ2n) is 5.95. The predicted octanol–water partition coefficient (Wildman–Crippen LogP) is 1.58. The highest BCUT2D eigenvalue weighted by atomic mass is 35.5. The summed E-state index contributed by atoms with van der Waals surface area (Å²) in [5.41, 5.74) is -0.821. The SMILES string of the molecule is N#CC1(NC(=O)O[C@H]2C[C@@H](S(=O)(=O)c3ccccc3Cl)CN2)CC1. The number of sulfone groups is 1. The van der Waals surface area contributed by atoms with Gasteiger partial charge in [-0.05, 0) is 25.0 Å². The third kappa shape index (κ3) is 3.34. The van der Waals surface area contributed by atoms with Crippen LogP contribution in [0, 0.1) is 11.3 Å².